The molecule has 26 heavy (non-hydrogen) atoms. The second-order valence-corrected chi connectivity index (χ2v) is 8.20. The number of halogens is 1. The highest BCUT2D eigenvalue weighted by molar-refractivity contribution is 14.0. The number of thiophene rings is 1. The van der Waals surface area contributed by atoms with Crippen molar-refractivity contribution < 1.29 is 4.74 Å². The van der Waals surface area contributed by atoms with Gasteiger partial charge in [-0.25, -0.2) is 0 Å². The molecule has 5 nitrogen and oxygen atoms in total. The molecule has 2 aliphatic rings. The maximum atomic E-state index is 6.13. The lowest BCUT2D eigenvalue weighted by molar-refractivity contribution is 0.0376. The first-order valence-electron chi connectivity index (χ1n) is 9.66. The van der Waals surface area contributed by atoms with Gasteiger partial charge in [-0.1, -0.05) is 25.3 Å². The normalized spacial score (nSPS) is 21.2. The highest BCUT2D eigenvalue weighted by Gasteiger charge is 2.34. The van der Waals surface area contributed by atoms with Crippen molar-refractivity contribution in [3.63, 3.8) is 0 Å². The van der Waals surface area contributed by atoms with E-state index in [-0.39, 0.29) is 29.4 Å². The fourth-order valence-corrected chi connectivity index (χ4v) is 4.91. The summed E-state index contributed by atoms with van der Waals surface area (Å²) < 4.78 is 5.38. The largest absolute Gasteiger partial charge is 0.379 e. The van der Waals surface area contributed by atoms with Crippen molar-refractivity contribution in [3.05, 3.63) is 22.4 Å². The van der Waals surface area contributed by atoms with Crippen molar-refractivity contribution in [2.45, 2.75) is 43.9 Å². The van der Waals surface area contributed by atoms with Crippen LogP contribution < -0.4 is 11.1 Å². The number of nitrogens with one attached hydrogen (secondary N) is 1. The molecule has 1 saturated carbocycles. The van der Waals surface area contributed by atoms with Crippen LogP contribution in [-0.4, -0.2) is 56.8 Å². The van der Waals surface area contributed by atoms with Crippen LogP contribution >= 0.6 is 35.3 Å². The Bertz CT molecular complexity index is 526. The van der Waals surface area contributed by atoms with Gasteiger partial charge in [0.1, 0.15) is 0 Å². The molecule has 3 rings (SSSR count). The summed E-state index contributed by atoms with van der Waals surface area (Å²) in [6.45, 7) is 6.63. The molecule has 7 heteroatoms. The Morgan fingerprint density at radius 1 is 1.27 bits per heavy atom. The molecule has 2 heterocycles. The molecule has 0 radical (unpaired) electrons. The topological polar surface area (TPSA) is 62.9 Å². The summed E-state index contributed by atoms with van der Waals surface area (Å²) in [6.07, 6.45) is 7.53. The molecule has 0 bridgehead atoms. The van der Waals surface area contributed by atoms with E-state index in [4.69, 9.17) is 15.5 Å². The number of hydrogen-bond acceptors (Lipinski definition) is 4. The zero-order chi connectivity index (χ0) is 17.4. The number of guanidine groups is 1. The van der Waals surface area contributed by atoms with Crippen LogP contribution in [0.25, 0.3) is 0 Å². The van der Waals surface area contributed by atoms with E-state index in [1.54, 1.807) is 0 Å². The lowest BCUT2D eigenvalue weighted by Crippen LogP contribution is -2.39. The molecule has 0 aromatic carbocycles. The molecule has 0 atom stereocenters. The Hall–Kier alpha value is -0.380. The van der Waals surface area contributed by atoms with Gasteiger partial charge in [0.05, 0.1) is 19.8 Å². The van der Waals surface area contributed by atoms with Gasteiger partial charge in [-0.15, -0.1) is 35.3 Å². The summed E-state index contributed by atoms with van der Waals surface area (Å²) in [5, 5.41) is 5.48. The van der Waals surface area contributed by atoms with Crippen LogP contribution in [0.3, 0.4) is 0 Å². The van der Waals surface area contributed by atoms with E-state index in [2.05, 4.69) is 27.7 Å². The van der Waals surface area contributed by atoms with Gasteiger partial charge in [-0.2, -0.15) is 0 Å². The third kappa shape index (κ3) is 6.35. The standard InChI is InChI=1S/C19H32N4OS.HI/c20-18(21-9-5-10-23-11-13-24-14-12-23)22-16-19(7-2-1-3-8-19)17-6-4-15-25-17;/h4,6,15H,1-3,5,7-14,16H2,(H3,20,21,22);1H. The van der Waals surface area contributed by atoms with Crippen molar-refractivity contribution in [1.82, 2.24) is 10.2 Å². The van der Waals surface area contributed by atoms with E-state index in [0.717, 1.165) is 52.4 Å². The summed E-state index contributed by atoms with van der Waals surface area (Å²) in [7, 11) is 0. The third-order valence-electron chi connectivity index (χ3n) is 5.47. The van der Waals surface area contributed by atoms with Crippen molar-refractivity contribution >= 4 is 41.3 Å². The predicted octanol–water partition coefficient (Wildman–Crippen LogP) is 3.19. The number of nitrogens with two attached hydrogens (primary N) is 1. The van der Waals surface area contributed by atoms with E-state index in [0.29, 0.717) is 5.96 Å². The molecular weight excluding hydrogens is 459 g/mol. The number of ether oxygens (including phenoxy) is 1. The number of aliphatic imine (C=N–C) groups is 1. The zero-order valence-corrected chi connectivity index (χ0v) is 18.8. The van der Waals surface area contributed by atoms with Crippen LogP contribution in [0.2, 0.25) is 0 Å². The minimum atomic E-state index is 0. The highest BCUT2D eigenvalue weighted by Crippen LogP contribution is 2.41. The third-order valence-corrected chi connectivity index (χ3v) is 6.58. The molecule has 1 aliphatic heterocycles. The van der Waals surface area contributed by atoms with Crippen LogP contribution in [0.15, 0.2) is 22.5 Å². The van der Waals surface area contributed by atoms with E-state index in [9.17, 15) is 0 Å². The van der Waals surface area contributed by atoms with Crippen molar-refractivity contribution in [2.24, 2.45) is 10.7 Å². The van der Waals surface area contributed by atoms with Gasteiger partial charge >= 0.3 is 0 Å². The van der Waals surface area contributed by atoms with Crippen LogP contribution in [0.5, 0.6) is 0 Å². The van der Waals surface area contributed by atoms with E-state index < -0.39 is 0 Å². The fourth-order valence-electron chi connectivity index (χ4n) is 3.93. The summed E-state index contributed by atoms with van der Waals surface area (Å²) in [5.74, 6) is 0.600. The van der Waals surface area contributed by atoms with Crippen LogP contribution in [0.4, 0.5) is 0 Å². The molecule has 1 aliphatic carbocycles. The van der Waals surface area contributed by atoms with Gasteiger partial charge in [-0.05, 0) is 37.3 Å². The van der Waals surface area contributed by atoms with Crippen molar-refractivity contribution in [1.29, 1.82) is 0 Å². The van der Waals surface area contributed by atoms with Crippen LogP contribution in [0.1, 0.15) is 43.4 Å². The van der Waals surface area contributed by atoms with Crippen molar-refractivity contribution in [3.8, 4) is 0 Å². The zero-order valence-electron chi connectivity index (χ0n) is 15.6. The predicted molar refractivity (Wildman–Crippen MR) is 121 cm³/mol. The van der Waals surface area contributed by atoms with Crippen LogP contribution in [0, 0.1) is 0 Å². The molecule has 0 amide bonds. The SMILES string of the molecule is I.NC(=NCC1(c2cccs2)CCCCC1)NCCCN1CCOCC1. The molecule has 148 valence electrons. The van der Waals surface area contributed by atoms with E-state index >= 15 is 0 Å². The van der Waals surface area contributed by atoms with Gasteiger partial charge in [-0.3, -0.25) is 9.89 Å². The lowest BCUT2D eigenvalue weighted by atomic mass is 9.73. The molecule has 2 fully saturated rings. The second-order valence-electron chi connectivity index (χ2n) is 7.25. The Labute approximate surface area is 178 Å². The summed E-state index contributed by atoms with van der Waals surface area (Å²) in [4.78, 5) is 8.65. The summed E-state index contributed by atoms with van der Waals surface area (Å²) in [6, 6.07) is 4.44. The molecular formula is C19H33IN4OS. The number of hydrogen-bond donors (Lipinski definition) is 2. The molecule has 1 aromatic heterocycles. The molecule has 1 saturated heterocycles. The van der Waals surface area contributed by atoms with Gasteiger partial charge < -0.3 is 15.8 Å². The van der Waals surface area contributed by atoms with Gasteiger partial charge in [0.15, 0.2) is 5.96 Å². The summed E-state index contributed by atoms with van der Waals surface area (Å²) in [5.41, 5.74) is 6.35. The smallest absolute Gasteiger partial charge is 0.188 e. The summed E-state index contributed by atoms with van der Waals surface area (Å²) >= 11 is 1.87. The monoisotopic (exact) mass is 492 g/mol. The first-order valence-corrected chi connectivity index (χ1v) is 10.5. The average Bonchev–Trinajstić information content (AvgIpc) is 3.21. The molecule has 0 spiro atoms. The maximum Gasteiger partial charge on any atom is 0.188 e. The Morgan fingerprint density at radius 2 is 2.04 bits per heavy atom. The number of nitrogens with zero attached hydrogens (tertiary/aromatic N) is 2. The van der Waals surface area contributed by atoms with Crippen LogP contribution in [-0.2, 0) is 10.2 Å². The first kappa shape index (κ1) is 21.9. The van der Waals surface area contributed by atoms with Gasteiger partial charge in [0.25, 0.3) is 0 Å². The van der Waals surface area contributed by atoms with Gasteiger partial charge in [0, 0.05) is 29.9 Å². The Morgan fingerprint density at radius 3 is 2.73 bits per heavy atom. The highest BCUT2D eigenvalue weighted by atomic mass is 127. The quantitative estimate of drug-likeness (QED) is 0.266. The Kier molecular flexibility index (Phi) is 9.66. The average molecular weight is 492 g/mol. The van der Waals surface area contributed by atoms with E-state index in [1.807, 2.05) is 11.3 Å². The van der Waals surface area contributed by atoms with Crippen molar-refractivity contribution in [2.75, 3.05) is 45.9 Å². The fraction of sp³-hybridized carbons (Fsp3) is 0.737. The van der Waals surface area contributed by atoms with E-state index in [1.165, 1.54) is 37.0 Å². The molecule has 0 unspecified atom stereocenters. The number of rotatable bonds is 7. The maximum absolute atomic E-state index is 6.13. The Balaban J connectivity index is 0.00000243. The minimum Gasteiger partial charge on any atom is -0.379 e. The molecule has 1 aromatic rings. The minimum absolute atomic E-state index is 0. The lowest BCUT2D eigenvalue weighted by Gasteiger charge is -2.35. The molecule has 3 N–H and O–H groups in total. The van der Waals surface area contributed by atoms with Gasteiger partial charge in [0.2, 0.25) is 0 Å². The second kappa shape index (κ2) is 11.5. The number of morpholine rings is 1. The first-order chi connectivity index (χ1) is 12.3.